The van der Waals surface area contributed by atoms with E-state index < -0.39 is 0 Å². The molecule has 0 heterocycles. The van der Waals surface area contributed by atoms with Crippen molar-refractivity contribution < 1.29 is 0 Å². The van der Waals surface area contributed by atoms with Gasteiger partial charge in [0.15, 0.2) is 5.96 Å². The summed E-state index contributed by atoms with van der Waals surface area (Å²) in [5, 5.41) is 3.33. The summed E-state index contributed by atoms with van der Waals surface area (Å²) in [7, 11) is 0. The number of aliphatic imine (C=N–C) groups is 1. The molecule has 3 nitrogen and oxygen atoms in total. The average Bonchev–Trinajstić information content (AvgIpc) is 2.89. The number of nitrogens with two attached hydrogens (primary N) is 1. The van der Waals surface area contributed by atoms with Crippen LogP contribution in [0.4, 0.5) is 0 Å². The Morgan fingerprint density at radius 1 is 1.00 bits per heavy atom. The largest absolute Gasteiger partial charge is 0.370 e. The molecular formula is C16H33N3. The molecule has 0 radical (unpaired) electrons. The lowest BCUT2D eigenvalue weighted by molar-refractivity contribution is 0.577. The zero-order valence-electron chi connectivity index (χ0n) is 12.8. The number of nitrogens with one attached hydrogen (secondary N) is 1. The molecule has 0 unspecified atom stereocenters. The fourth-order valence-electron chi connectivity index (χ4n) is 2.77. The van der Waals surface area contributed by atoms with Crippen molar-refractivity contribution in [2.75, 3.05) is 6.54 Å². The first-order valence-electron chi connectivity index (χ1n) is 8.39. The van der Waals surface area contributed by atoms with E-state index in [-0.39, 0.29) is 0 Å². The molecule has 19 heavy (non-hydrogen) atoms. The van der Waals surface area contributed by atoms with Gasteiger partial charge in [-0.05, 0) is 19.3 Å². The van der Waals surface area contributed by atoms with Gasteiger partial charge in [-0.15, -0.1) is 0 Å². The first-order valence-corrected chi connectivity index (χ1v) is 8.39. The first-order chi connectivity index (χ1) is 9.33. The van der Waals surface area contributed by atoms with Crippen molar-refractivity contribution in [3.63, 3.8) is 0 Å². The van der Waals surface area contributed by atoms with Crippen LogP contribution in [-0.4, -0.2) is 18.5 Å². The lowest BCUT2D eigenvalue weighted by Gasteiger charge is -2.12. The van der Waals surface area contributed by atoms with E-state index in [9.17, 15) is 0 Å². The molecule has 1 saturated carbocycles. The third kappa shape index (κ3) is 8.90. The lowest BCUT2D eigenvalue weighted by atomic mass is 10.1. The maximum absolute atomic E-state index is 5.89. The third-order valence-electron chi connectivity index (χ3n) is 4.00. The molecule has 0 atom stereocenters. The molecule has 1 aliphatic rings. The minimum Gasteiger partial charge on any atom is -0.370 e. The molecule has 1 aliphatic carbocycles. The SMILES string of the molecule is CCCCCCCCCCN=C(N)NC1CCCC1. The number of guanidine groups is 1. The number of hydrogen-bond acceptors (Lipinski definition) is 1. The van der Waals surface area contributed by atoms with Gasteiger partial charge >= 0.3 is 0 Å². The standard InChI is InChI=1S/C16H33N3/c1-2-3-4-5-6-7-8-11-14-18-16(17)19-15-12-9-10-13-15/h15H,2-14H2,1H3,(H3,17,18,19). The van der Waals surface area contributed by atoms with Gasteiger partial charge in [0.1, 0.15) is 0 Å². The maximum atomic E-state index is 5.89. The molecule has 0 aromatic rings. The maximum Gasteiger partial charge on any atom is 0.188 e. The van der Waals surface area contributed by atoms with Crippen molar-refractivity contribution in [2.45, 2.75) is 90.0 Å². The Kier molecular flexibility index (Phi) is 9.56. The van der Waals surface area contributed by atoms with Crippen LogP contribution in [0.1, 0.15) is 84.0 Å². The molecule has 0 bridgehead atoms. The summed E-state index contributed by atoms with van der Waals surface area (Å²) >= 11 is 0. The van der Waals surface area contributed by atoms with Crippen LogP contribution in [0, 0.1) is 0 Å². The van der Waals surface area contributed by atoms with E-state index in [1.807, 2.05) is 0 Å². The number of hydrogen-bond donors (Lipinski definition) is 2. The highest BCUT2D eigenvalue weighted by molar-refractivity contribution is 5.78. The van der Waals surface area contributed by atoms with Crippen LogP contribution in [0.15, 0.2) is 4.99 Å². The van der Waals surface area contributed by atoms with E-state index >= 15 is 0 Å². The predicted octanol–water partition coefficient (Wildman–Crippen LogP) is 3.97. The Morgan fingerprint density at radius 3 is 2.21 bits per heavy atom. The normalized spacial score (nSPS) is 17.0. The van der Waals surface area contributed by atoms with Gasteiger partial charge in [-0.1, -0.05) is 64.7 Å². The molecule has 0 amide bonds. The topological polar surface area (TPSA) is 50.4 Å². The summed E-state index contributed by atoms with van der Waals surface area (Å²) in [6.45, 7) is 3.16. The summed E-state index contributed by atoms with van der Waals surface area (Å²) in [5.41, 5.74) is 5.89. The Labute approximate surface area is 119 Å². The monoisotopic (exact) mass is 267 g/mol. The third-order valence-corrected chi connectivity index (χ3v) is 4.00. The molecule has 0 saturated heterocycles. The van der Waals surface area contributed by atoms with Gasteiger partial charge in [0.05, 0.1) is 0 Å². The van der Waals surface area contributed by atoms with Crippen molar-refractivity contribution in [1.29, 1.82) is 0 Å². The average molecular weight is 267 g/mol. The van der Waals surface area contributed by atoms with E-state index in [1.54, 1.807) is 0 Å². The van der Waals surface area contributed by atoms with E-state index in [0.717, 1.165) is 6.54 Å². The molecule has 0 aromatic heterocycles. The van der Waals surface area contributed by atoms with Crippen LogP contribution >= 0.6 is 0 Å². The molecule has 1 rings (SSSR count). The second kappa shape index (κ2) is 11.1. The molecule has 3 heteroatoms. The number of rotatable bonds is 10. The van der Waals surface area contributed by atoms with Crippen molar-refractivity contribution in [3.05, 3.63) is 0 Å². The molecular weight excluding hydrogens is 234 g/mol. The van der Waals surface area contributed by atoms with Crippen LogP contribution in [-0.2, 0) is 0 Å². The Balaban J connectivity index is 1.88. The smallest absolute Gasteiger partial charge is 0.188 e. The second-order valence-corrected chi connectivity index (χ2v) is 5.87. The zero-order valence-corrected chi connectivity index (χ0v) is 12.8. The van der Waals surface area contributed by atoms with E-state index in [0.29, 0.717) is 12.0 Å². The van der Waals surface area contributed by atoms with Gasteiger partial charge in [0.25, 0.3) is 0 Å². The molecule has 112 valence electrons. The van der Waals surface area contributed by atoms with Gasteiger partial charge < -0.3 is 11.1 Å². The van der Waals surface area contributed by atoms with Gasteiger partial charge in [-0.25, -0.2) is 0 Å². The van der Waals surface area contributed by atoms with E-state index in [1.165, 1.54) is 77.0 Å². The molecule has 3 N–H and O–H groups in total. The highest BCUT2D eigenvalue weighted by Gasteiger charge is 2.14. The fourth-order valence-corrected chi connectivity index (χ4v) is 2.77. The minimum absolute atomic E-state index is 0.585. The zero-order chi connectivity index (χ0) is 13.8. The fraction of sp³-hybridized carbons (Fsp3) is 0.938. The van der Waals surface area contributed by atoms with Gasteiger partial charge in [0.2, 0.25) is 0 Å². The lowest BCUT2D eigenvalue weighted by Crippen LogP contribution is -2.38. The van der Waals surface area contributed by atoms with Crippen LogP contribution in [0.5, 0.6) is 0 Å². The van der Waals surface area contributed by atoms with Crippen molar-refractivity contribution in [3.8, 4) is 0 Å². The highest BCUT2D eigenvalue weighted by atomic mass is 15.1. The van der Waals surface area contributed by atoms with Crippen LogP contribution in [0.25, 0.3) is 0 Å². The molecule has 0 aliphatic heterocycles. The molecule has 0 aromatic carbocycles. The minimum atomic E-state index is 0.585. The Morgan fingerprint density at radius 2 is 1.58 bits per heavy atom. The van der Waals surface area contributed by atoms with Crippen LogP contribution in [0.3, 0.4) is 0 Å². The van der Waals surface area contributed by atoms with E-state index in [4.69, 9.17) is 5.73 Å². The summed E-state index contributed by atoms with van der Waals surface area (Å²) in [6.07, 6.45) is 16.0. The van der Waals surface area contributed by atoms with Crippen molar-refractivity contribution >= 4 is 5.96 Å². The highest BCUT2D eigenvalue weighted by Crippen LogP contribution is 2.17. The summed E-state index contributed by atoms with van der Waals surface area (Å²) < 4.78 is 0. The van der Waals surface area contributed by atoms with Gasteiger partial charge in [-0.2, -0.15) is 0 Å². The van der Waals surface area contributed by atoms with Crippen molar-refractivity contribution in [1.82, 2.24) is 5.32 Å². The first kappa shape index (κ1) is 16.3. The second-order valence-electron chi connectivity index (χ2n) is 5.87. The summed E-state index contributed by atoms with van der Waals surface area (Å²) in [4.78, 5) is 4.42. The number of nitrogens with zero attached hydrogens (tertiary/aromatic N) is 1. The van der Waals surface area contributed by atoms with E-state index in [2.05, 4.69) is 17.2 Å². The predicted molar refractivity (Wildman–Crippen MR) is 84.5 cm³/mol. The quantitative estimate of drug-likeness (QED) is 0.357. The molecule has 1 fully saturated rings. The number of unbranched alkanes of at least 4 members (excludes halogenated alkanes) is 7. The summed E-state index contributed by atoms with van der Waals surface area (Å²) in [6, 6.07) is 0.585. The van der Waals surface area contributed by atoms with Gasteiger partial charge in [0, 0.05) is 12.6 Å². The Bertz CT molecular complexity index is 232. The summed E-state index contributed by atoms with van der Waals surface area (Å²) in [5.74, 6) is 0.662. The van der Waals surface area contributed by atoms with Gasteiger partial charge in [-0.3, -0.25) is 4.99 Å². The van der Waals surface area contributed by atoms with Crippen LogP contribution < -0.4 is 11.1 Å². The van der Waals surface area contributed by atoms with Crippen LogP contribution in [0.2, 0.25) is 0 Å². The molecule has 0 spiro atoms. The van der Waals surface area contributed by atoms with Crippen molar-refractivity contribution in [2.24, 2.45) is 10.7 Å². The Hall–Kier alpha value is -0.730.